The zero-order valence-corrected chi connectivity index (χ0v) is 15.2. The molecule has 1 amide bonds. The zero-order valence-electron chi connectivity index (χ0n) is 15.2. The van der Waals surface area contributed by atoms with Crippen LogP contribution in [0.2, 0.25) is 0 Å². The van der Waals surface area contributed by atoms with E-state index in [4.69, 9.17) is 0 Å². The molecule has 1 aliphatic rings. The van der Waals surface area contributed by atoms with E-state index in [0.29, 0.717) is 17.3 Å². The molecule has 1 aromatic heterocycles. The van der Waals surface area contributed by atoms with E-state index in [1.807, 2.05) is 0 Å². The second-order valence-corrected chi connectivity index (χ2v) is 6.99. The van der Waals surface area contributed by atoms with Crippen molar-refractivity contribution in [1.29, 1.82) is 0 Å². The second kappa shape index (κ2) is 7.42. The lowest BCUT2D eigenvalue weighted by Crippen LogP contribution is -2.34. The van der Waals surface area contributed by atoms with Gasteiger partial charge in [-0.25, -0.2) is 9.07 Å². The van der Waals surface area contributed by atoms with Crippen molar-refractivity contribution in [1.82, 2.24) is 14.7 Å². The number of rotatable bonds is 4. The summed E-state index contributed by atoms with van der Waals surface area (Å²) in [5.41, 5.74) is 0.232. The number of likely N-dealkylation sites (tertiary alicyclic amines) is 1. The maximum Gasteiger partial charge on any atom is 0.273 e. The number of hydrogen-bond acceptors (Lipinski definition) is 3. The first kappa shape index (κ1) is 18.2. The zero-order chi connectivity index (χ0) is 19.7. The van der Waals surface area contributed by atoms with Gasteiger partial charge in [0.1, 0.15) is 5.82 Å². The van der Waals surface area contributed by atoms with E-state index in [1.165, 1.54) is 16.8 Å². The van der Waals surface area contributed by atoms with E-state index in [0.717, 1.165) is 18.4 Å². The molecular weight excluding hydrogens is 361 g/mol. The molecule has 2 aromatic carbocycles. The van der Waals surface area contributed by atoms with Crippen LogP contribution in [-0.2, 0) is 11.3 Å². The molecule has 1 atom stereocenters. The van der Waals surface area contributed by atoms with E-state index < -0.39 is 0 Å². The Hall–Kier alpha value is -3.22. The molecule has 0 radical (unpaired) electrons. The van der Waals surface area contributed by atoms with E-state index in [-0.39, 0.29) is 41.9 Å². The predicted molar refractivity (Wildman–Crippen MR) is 104 cm³/mol. The fraction of sp³-hybridized carbons (Fsp3) is 0.286. The van der Waals surface area contributed by atoms with Crippen LogP contribution in [0, 0.1) is 5.82 Å². The number of fused-ring (bicyclic) bond motifs is 1. The van der Waals surface area contributed by atoms with E-state index in [2.05, 4.69) is 5.10 Å². The highest BCUT2D eigenvalue weighted by Crippen LogP contribution is 2.32. The predicted octanol–water partition coefficient (Wildman–Crippen LogP) is 2.58. The molecule has 0 aliphatic carbocycles. The van der Waals surface area contributed by atoms with Crippen LogP contribution in [0.15, 0.2) is 58.1 Å². The molecule has 0 saturated carbocycles. The first-order valence-electron chi connectivity index (χ1n) is 9.31. The van der Waals surface area contributed by atoms with Crippen LogP contribution in [0.1, 0.15) is 30.9 Å². The minimum Gasteiger partial charge on any atom is -0.336 e. The third kappa shape index (κ3) is 3.35. The van der Waals surface area contributed by atoms with Crippen molar-refractivity contribution in [3.63, 3.8) is 0 Å². The molecular formula is C21H20FN3O3. The number of nitrogens with one attached hydrogen (secondary N) is 1. The SMILES string of the molecule is O=C(CCn1[nH]c(=O)c2ccccc2c1=O)N1CCC[C@H]1c1ccc(F)cc1. The molecule has 6 nitrogen and oxygen atoms in total. The number of nitrogens with zero attached hydrogens (tertiary/aromatic N) is 2. The number of benzene rings is 2. The summed E-state index contributed by atoms with van der Waals surface area (Å²) in [6.45, 7) is 0.731. The van der Waals surface area contributed by atoms with Crippen molar-refractivity contribution in [2.24, 2.45) is 0 Å². The Kier molecular flexibility index (Phi) is 4.81. The third-order valence-corrected chi connectivity index (χ3v) is 5.26. The van der Waals surface area contributed by atoms with Gasteiger partial charge in [0.25, 0.3) is 11.1 Å². The molecule has 4 rings (SSSR count). The number of halogens is 1. The minimum atomic E-state index is -0.354. The Bertz CT molecular complexity index is 1130. The van der Waals surface area contributed by atoms with Gasteiger partial charge in [-0.2, -0.15) is 0 Å². The summed E-state index contributed by atoms with van der Waals surface area (Å²) in [4.78, 5) is 39.3. The summed E-state index contributed by atoms with van der Waals surface area (Å²) in [6.07, 6.45) is 1.80. The van der Waals surface area contributed by atoms with Crippen LogP contribution in [0.5, 0.6) is 0 Å². The number of amides is 1. The lowest BCUT2D eigenvalue weighted by molar-refractivity contribution is -0.132. The van der Waals surface area contributed by atoms with Crippen molar-refractivity contribution < 1.29 is 9.18 Å². The molecule has 1 fully saturated rings. The lowest BCUT2D eigenvalue weighted by Gasteiger charge is -2.25. The van der Waals surface area contributed by atoms with Crippen LogP contribution in [-0.4, -0.2) is 27.1 Å². The van der Waals surface area contributed by atoms with E-state index in [9.17, 15) is 18.8 Å². The summed E-state index contributed by atoms with van der Waals surface area (Å²) in [7, 11) is 0. The molecule has 0 bridgehead atoms. The van der Waals surface area contributed by atoms with E-state index in [1.54, 1.807) is 41.3 Å². The summed E-state index contributed by atoms with van der Waals surface area (Å²) < 4.78 is 14.4. The molecule has 0 unspecified atom stereocenters. The number of aromatic nitrogens is 2. The Morgan fingerprint density at radius 1 is 1.07 bits per heavy atom. The minimum absolute atomic E-state index is 0.0829. The molecule has 28 heavy (non-hydrogen) atoms. The standard InChI is InChI=1S/C21H20FN3O3/c22-15-9-7-14(8-10-15)18-6-3-12-24(18)19(26)11-13-25-21(28)17-5-2-1-4-16(17)20(27)23-25/h1-2,4-5,7-10,18H,3,6,11-13H2,(H,23,27)/t18-/m0/s1. The normalized spacial score (nSPS) is 16.6. The van der Waals surface area contributed by atoms with Crippen LogP contribution in [0.25, 0.3) is 10.8 Å². The van der Waals surface area contributed by atoms with Crippen LogP contribution >= 0.6 is 0 Å². The Morgan fingerprint density at radius 3 is 2.54 bits per heavy atom. The summed E-state index contributed by atoms with van der Waals surface area (Å²) in [6, 6.07) is 12.7. The van der Waals surface area contributed by atoms with E-state index >= 15 is 0 Å². The topological polar surface area (TPSA) is 75.2 Å². The van der Waals surface area contributed by atoms with Crippen molar-refractivity contribution in [2.45, 2.75) is 31.8 Å². The van der Waals surface area contributed by atoms with Gasteiger partial charge in [-0.1, -0.05) is 24.3 Å². The van der Waals surface area contributed by atoms with Gasteiger partial charge in [0.05, 0.1) is 23.4 Å². The third-order valence-electron chi connectivity index (χ3n) is 5.26. The molecule has 0 spiro atoms. The number of H-pyrrole nitrogens is 1. The van der Waals surface area contributed by atoms with Crippen molar-refractivity contribution >= 4 is 16.7 Å². The van der Waals surface area contributed by atoms with Gasteiger partial charge in [-0.15, -0.1) is 0 Å². The van der Waals surface area contributed by atoms with Crippen LogP contribution in [0.3, 0.4) is 0 Å². The van der Waals surface area contributed by atoms with Gasteiger partial charge in [-0.3, -0.25) is 19.5 Å². The highest BCUT2D eigenvalue weighted by atomic mass is 19.1. The molecule has 3 aromatic rings. The first-order chi connectivity index (χ1) is 13.5. The number of carbonyl (C=O) groups excluding carboxylic acids is 1. The molecule has 1 aliphatic heterocycles. The monoisotopic (exact) mass is 381 g/mol. The van der Waals surface area contributed by atoms with Crippen molar-refractivity contribution in [3.8, 4) is 0 Å². The summed E-state index contributed by atoms with van der Waals surface area (Å²) in [5, 5.41) is 3.23. The molecule has 144 valence electrons. The number of carbonyl (C=O) groups is 1. The fourth-order valence-corrected chi connectivity index (χ4v) is 3.85. The first-order valence-corrected chi connectivity index (χ1v) is 9.31. The van der Waals surface area contributed by atoms with Crippen molar-refractivity contribution in [3.05, 3.63) is 80.6 Å². The largest absolute Gasteiger partial charge is 0.336 e. The smallest absolute Gasteiger partial charge is 0.273 e. The van der Waals surface area contributed by atoms with Crippen LogP contribution < -0.4 is 11.1 Å². The molecule has 2 heterocycles. The van der Waals surface area contributed by atoms with Gasteiger partial charge in [0, 0.05) is 13.0 Å². The maximum absolute atomic E-state index is 13.2. The molecule has 1 saturated heterocycles. The summed E-state index contributed by atoms with van der Waals surface area (Å²) >= 11 is 0. The van der Waals surface area contributed by atoms with Gasteiger partial charge in [0.2, 0.25) is 5.91 Å². The second-order valence-electron chi connectivity index (χ2n) is 6.99. The quantitative estimate of drug-likeness (QED) is 0.755. The fourth-order valence-electron chi connectivity index (χ4n) is 3.85. The average molecular weight is 381 g/mol. The summed E-state index contributed by atoms with van der Waals surface area (Å²) in [5.74, 6) is -0.396. The number of aromatic amines is 1. The van der Waals surface area contributed by atoms with Gasteiger partial charge in [0.15, 0.2) is 0 Å². The molecule has 1 N–H and O–H groups in total. The average Bonchev–Trinajstić information content (AvgIpc) is 3.20. The lowest BCUT2D eigenvalue weighted by atomic mass is 10.0. The number of hydrogen-bond donors (Lipinski definition) is 1. The van der Waals surface area contributed by atoms with Crippen molar-refractivity contribution in [2.75, 3.05) is 6.54 Å². The Balaban J connectivity index is 1.52. The van der Waals surface area contributed by atoms with Gasteiger partial charge in [-0.05, 0) is 42.7 Å². The maximum atomic E-state index is 13.2. The highest BCUT2D eigenvalue weighted by molar-refractivity contribution is 5.80. The Morgan fingerprint density at radius 2 is 1.79 bits per heavy atom. The van der Waals surface area contributed by atoms with Gasteiger partial charge >= 0.3 is 0 Å². The van der Waals surface area contributed by atoms with Gasteiger partial charge < -0.3 is 4.90 Å². The Labute approximate surface area is 160 Å². The highest BCUT2D eigenvalue weighted by Gasteiger charge is 2.29. The van der Waals surface area contributed by atoms with Crippen LogP contribution in [0.4, 0.5) is 4.39 Å². The number of aryl methyl sites for hydroxylation is 1. The molecule has 7 heteroatoms.